The lowest BCUT2D eigenvalue weighted by Crippen LogP contribution is -2.60. The molecule has 0 unspecified atom stereocenters. The van der Waals surface area contributed by atoms with Crippen molar-refractivity contribution in [1.29, 1.82) is 0 Å². The number of carbonyl (C=O) groups excluding carboxylic acids is 1. The molecule has 1 amide bonds. The summed E-state index contributed by atoms with van der Waals surface area (Å²) in [5.74, 6) is 0.560. The van der Waals surface area contributed by atoms with Crippen molar-refractivity contribution in [3.8, 4) is 5.75 Å². The van der Waals surface area contributed by atoms with Crippen LogP contribution in [0.5, 0.6) is 5.75 Å². The molecule has 0 radical (unpaired) electrons. The number of hydrogen-bond donors (Lipinski definition) is 1. The van der Waals surface area contributed by atoms with Crippen LogP contribution in [0.1, 0.15) is 0 Å². The second-order valence-electron chi connectivity index (χ2n) is 5.12. The fourth-order valence-corrected chi connectivity index (χ4v) is 4.85. The third kappa shape index (κ3) is 2.22. The van der Waals surface area contributed by atoms with Crippen LogP contribution in [0, 0.1) is 0 Å². The molecule has 2 heterocycles. The van der Waals surface area contributed by atoms with Crippen molar-refractivity contribution in [2.24, 2.45) is 0 Å². The van der Waals surface area contributed by atoms with E-state index in [9.17, 15) is 13.2 Å². The van der Waals surface area contributed by atoms with Crippen molar-refractivity contribution in [3.63, 3.8) is 0 Å². The molecule has 3 rings (SSSR count). The van der Waals surface area contributed by atoms with Crippen LogP contribution in [0.15, 0.2) is 24.3 Å². The molecular weight excluding hydrogens is 280 g/mol. The Hall–Kier alpha value is -1.76. The number of ether oxygens (including phenoxy) is 1. The van der Waals surface area contributed by atoms with Crippen LogP contribution in [-0.4, -0.2) is 51.6 Å². The van der Waals surface area contributed by atoms with Gasteiger partial charge >= 0.3 is 0 Å². The molecule has 0 bridgehead atoms. The number of fused-ring (bicyclic) bond motifs is 1. The zero-order valence-corrected chi connectivity index (χ0v) is 11.9. The summed E-state index contributed by atoms with van der Waals surface area (Å²) in [5.41, 5.74) is 0.761. The number of nitrogens with zero attached hydrogens (tertiary/aromatic N) is 1. The predicted molar refractivity (Wildman–Crippen MR) is 74.7 cm³/mol. The van der Waals surface area contributed by atoms with Gasteiger partial charge in [-0.15, -0.1) is 0 Å². The topological polar surface area (TPSA) is 75.7 Å². The Morgan fingerprint density at radius 1 is 1.30 bits per heavy atom. The van der Waals surface area contributed by atoms with Gasteiger partial charge in [-0.25, -0.2) is 8.42 Å². The SMILES string of the molecule is COc1ccccc1N1CC(=O)N[C@H]2CS(=O)(=O)C[C@@H]21. The molecule has 1 aromatic rings. The van der Waals surface area contributed by atoms with E-state index in [4.69, 9.17) is 4.74 Å². The van der Waals surface area contributed by atoms with Crippen LogP contribution >= 0.6 is 0 Å². The van der Waals surface area contributed by atoms with Gasteiger partial charge in [-0.3, -0.25) is 4.79 Å². The zero-order valence-electron chi connectivity index (χ0n) is 11.1. The largest absolute Gasteiger partial charge is 0.495 e. The Kier molecular flexibility index (Phi) is 3.08. The van der Waals surface area contributed by atoms with Crippen molar-refractivity contribution in [2.75, 3.05) is 30.1 Å². The fourth-order valence-electron chi connectivity index (χ4n) is 2.93. The first-order valence-electron chi connectivity index (χ1n) is 6.39. The molecule has 2 saturated heterocycles. The normalized spacial score (nSPS) is 27.9. The number of sulfone groups is 1. The van der Waals surface area contributed by atoms with E-state index < -0.39 is 9.84 Å². The average Bonchev–Trinajstić information content (AvgIpc) is 2.71. The smallest absolute Gasteiger partial charge is 0.239 e. The maximum Gasteiger partial charge on any atom is 0.239 e. The van der Waals surface area contributed by atoms with E-state index in [2.05, 4.69) is 5.32 Å². The first-order chi connectivity index (χ1) is 9.50. The zero-order chi connectivity index (χ0) is 14.3. The molecule has 7 heteroatoms. The minimum Gasteiger partial charge on any atom is -0.495 e. The maximum absolute atomic E-state index is 11.8. The van der Waals surface area contributed by atoms with Gasteiger partial charge in [0.25, 0.3) is 0 Å². The highest BCUT2D eigenvalue weighted by molar-refractivity contribution is 7.91. The molecule has 20 heavy (non-hydrogen) atoms. The van der Waals surface area contributed by atoms with Gasteiger partial charge in [-0.1, -0.05) is 12.1 Å². The van der Waals surface area contributed by atoms with Crippen LogP contribution in [-0.2, 0) is 14.6 Å². The van der Waals surface area contributed by atoms with Crippen LogP contribution < -0.4 is 15.0 Å². The molecule has 2 aliphatic heterocycles. The van der Waals surface area contributed by atoms with E-state index in [1.807, 2.05) is 23.1 Å². The van der Waals surface area contributed by atoms with Gasteiger partial charge in [-0.05, 0) is 12.1 Å². The minimum atomic E-state index is -3.11. The van der Waals surface area contributed by atoms with Gasteiger partial charge in [0.15, 0.2) is 9.84 Å². The monoisotopic (exact) mass is 296 g/mol. The van der Waals surface area contributed by atoms with E-state index in [-0.39, 0.29) is 36.0 Å². The number of hydrogen-bond acceptors (Lipinski definition) is 5. The quantitative estimate of drug-likeness (QED) is 0.818. The number of carbonyl (C=O) groups is 1. The maximum atomic E-state index is 11.8. The van der Waals surface area contributed by atoms with Crippen molar-refractivity contribution >= 4 is 21.4 Å². The van der Waals surface area contributed by atoms with E-state index >= 15 is 0 Å². The number of para-hydroxylation sites is 2. The van der Waals surface area contributed by atoms with Gasteiger partial charge in [0.1, 0.15) is 5.75 Å². The summed E-state index contributed by atoms with van der Waals surface area (Å²) in [6.07, 6.45) is 0. The van der Waals surface area contributed by atoms with Crippen LogP contribution in [0.2, 0.25) is 0 Å². The van der Waals surface area contributed by atoms with Crippen molar-refractivity contribution in [2.45, 2.75) is 12.1 Å². The molecule has 2 atom stereocenters. The third-order valence-electron chi connectivity index (χ3n) is 3.78. The fraction of sp³-hybridized carbons (Fsp3) is 0.462. The molecule has 1 aromatic carbocycles. The summed E-state index contributed by atoms with van der Waals surface area (Å²) >= 11 is 0. The summed E-state index contributed by atoms with van der Waals surface area (Å²) in [5, 5.41) is 2.77. The lowest BCUT2D eigenvalue weighted by molar-refractivity contribution is -0.121. The summed E-state index contributed by atoms with van der Waals surface area (Å²) in [4.78, 5) is 13.7. The van der Waals surface area contributed by atoms with Crippen molar-refractivity contribution in [3.05, 3.63) is 24.3 Å². The number of benzene rings is 1. The molecule has 0 aromatic heterocycles. The molecule has 6 nitrogen and oxygen atoms in total. The molecular formula is C13H16N2O4S. The Morgan fingerprint density at radius 3 is 2.80 bits per heavy atom. The van der Waals surface area contributed by atoms with Gasteiger partial charge in [-0.2, -0.15) is 0 Å². The number of rotatable bonds is 2. The van der Waals surface area contributed by atoms with Crippen molar-refractivity contribution < 1.29 is 17.9 Å². The Morgan fingerprint density at radius 2 is 2.05 bits per heavy atom. The highest BCUT2D eigenvalue weighted by atomic mass is 32.2. The van der Waals surface area contributed by atoms with E-state index in [1.54, 1.807) is 13.2 Å². The minimum absolute atomic E-state index is 0.00898. The molecule has 2 fully saturated rings. The van der Waals surface area contributed by atoms with Gasteiger partial charge in [0.2, 0.25) is 5.91 Å². The van der Waals surface area contributed by atoms with Crippen molar-refractivity contribution in [1.82, 2.24) is 5.32 Å². The molecule has 1 N–H and O–H groups in total. The van der Waals surface area contributed by atoms with Crippen LogP contribution in [0.25, 0.3) is 0 Å². The molecule has 0 spiro atoms. The summed E-state index contributed by atoms with van der Waals surface area (Å²) in [7, 11) is -1.55. The highest BCUT2D eigenvalue weighted by Gasteiger charge is 2.45. The first kappa shape index (κ1) is 13.2. The number of nitrogens with one attached hydrogen (secondary N) is 1. The predicted octanol–water partition coefficient (Wildman–Crippen LogP) is -0.203. The van der Waals surface area contributed by atoms with E-state index in [1.165, 1.54) is 0 Å². The lowest BCUT2D eigenvalue weighted by Gasteiger charge is -2.38. The van der Waals surface area contributed by atoms with Gasteiger partial charge in [0.05, 0.1) is 42.9 Å². The number of piperazine rings is 1. The third-order valence-corrected chi connectivity index (χ3v) is 5.49. The Bertz CT molecular complexity index is 644. The lowest BCUT2D eigenvalue weighted by atomic mass is 10.1. The number of amides is 1. The standard InChI is InChI=1S/C13H16N2O4S/c1-19-12-5-3-2-4-10(12)15-6-13(16)14-9-7-20(17,18)8-11(9)15/h2-5,9,11H,6-8H2,1H3,(H,14,16)/t9-,11-/m0/s1. The first-order valence-corrected chi connectivity index (χ1v) is 8.22. The summed E-state index contributed by atoms with van der Waals surface area (Å²) < 4.78 is 29.0. The van der Waals surface area contributed by atoms with Gasteiger partial charge in [0, 0.05) is 0 Å². The van der Waals surface area contributed by atoms with Gasteiger partial charge < -0.3 is 15.0 Å². The molecule has 0 saturated carbocycles. The Balaban J connectivity index is 2.01. The van der Waals surface area contributed by atoms with E-state index in [0.29, 0.717) is 5.75 Å². The highest BCUT2D eigenvalue weighted by Crippen LogP contribution is 2.33. The Labute approximate surface area is 117 Å². The molecule has 108 valence electrons. The molecule has 2 aliphatic rings. The average molecular weight is 296 g/mol. The van der Waals surface area contributed by atoms with Crippen LogP contribution in [0.4, 0.5) is 5.69 Å². The number of anilines is 1. The van der Waals surface area contributed by atoms with E-state index in [0.717, 1.165) is 5.69 Å². The second-order valence-corrected chi connectivity index (χ2v) is 7.27. The van der Waals surface area contributed by atoms with Crippen LogP contribution in [0.3, 0.4) is 0 Å². The summed E-state index contributed by atoms with van der Waals surface area (Å²) in [6.45, 7) is 0.150. The summed E-state index contributed by atoms with van der Waals surface area (Å²) in [6, 6.07) is 6.78. The number of methoxy groups -OCH3 is 1. The molecule has 0 aliphatic carbocycles. The second kappa shape index (κ2) is 4.66.